The molecule has 0 aliphatic carbocycles. The molecule has 8 heteroatoms. The molecule has 0 atom stereocenters. The number of para-hydroxylation sites is 1. The molecule has 1 aliphatic heterocycles. The Morgan fingerprint density at radius 1 is 0.688 bits per heavy atom. The zero-order valence-electron chi connectivity index (χ0n) is 26.0. The Bertz CT molecular complexity index is 2370. The van der Waals surface area contributed by atoms with Crippen molar-refractivity contribution in [2.75, 3.05) is 12.3 Å². The third kappa shape index (κ3) is 5.45. The second-order valence-electron chi connectivity index (χ2n) is 11.5. The number of hydrogen-bond donors (Lipinski definition) is 1. The van der Waals surface area contributed by atoms with Gasteiger partial charge in [0.05, 0.1) is 11.4 Å². The Labute approximate surface area is 277 Å². The molecule has 0 bridgehead atoms. The number of aromatic nitrogens is 6. The Balaban J connectivity index is 1.15. The number of nitrogens with two attached hydrogens (primary N) is 1. The van der Waals surface area contributed by atoms with E-state index in [2.05, 4.69) is 63.4 Å². The van der Waals surface area contributed by atoms with Crippen LogP contribution in [-0.4, -0.2) is 42.1 Å². The molecule has 1 aliphatic rings. The molecule has 4 aromatic heterocycles. The van der Waals surface area contributed by atoms with E-state index in [1.165, 1.54) is 0 Å². The summed E-state index contributed by atoms with van der Waals surface area (Å²) in [5.74, 6) is 1.79. The fourth-order valence-electron chi connectivity index (χ4n) is 5.95. The van der Waals surface area contributed by atoms with Crippen LogP contribution >= 0.6 is 0 Å². The smallest absolute Gasteiger partial charge is 0.165 e. The van der Waals surface area contributed by atoms with Crippen LogP contribution in [-0.2, 0) is 0 Å². The van der Waals surface area contributed by atoms with Crippen LogP contribution in [0.1, 0.15) is 23.5 Å². The van der Waals surface area contributed by atoms with Gasteiger partial charge in [0.1, 0.15) is 5.65 Å². The molecule has 0 fully saturated rings. The number of fused-ring (bicyclic) bond motifs is 1. The van der Waals surface area contributed by atoms with Crippen molar-refractivity contribution < 1.29 is 0 Å². The van der Waals surface area contributed by atoms with Crippen LogP contribution < -0.4 is 5.73 Å². The number of anilines is 1. The van der Waals surface area contributed by atoms with Gasteiger partial charge in [-0.25, -0.2) is 19.9 Å². The van der Waals surface area contributed by atoms with Crippen LogP contribution in [0.4, 0.5) is 5.69 Å². The Kier molecular flexibility index (Phi) is 7.43. The molecule has 3 aromatic carbocycles. The SMILES string of the molecule is C=C(c1ccc(-c2cccc(-c3nc(C4=CCCN=C4)nc(-c4ccncc4)n3)c2)cc1)c1c(-c2ccccc2N)nc2ccccn12. The molecule has 0 saturated heterocycles. The molecule has 5 heterocycles. The quantitative estimate of drug-likeness (QED) is 0.180. The molecular weight excluding hydrogens is 592 g/mol. The third-order valence-corrected chi connectivity index (χ3v) is 8.40. The van der Waals surface area contributed by atoms with Crippen LogP contribution in [0.25, 0.3) is 62.0 Å². The van der Waals surface area contributed by atoms with Crippen molar-refractivity contribution in [1.82, 2.24) is 29.3 Å². The van der Waals surface area contributed by atoms with E-state index in [0.717, 1.165) is 74.5 Å². The van der Waals surface area contributed by atoms with Crippen molar-refractivity contribution in [3.63, 3.8) is 0 Å². The van der Waals surface area contributed by atoms with Gasteiger partial charge in [-0.1, -0.05) is 79.4 Å². The Hall–Kier alpha value is -6.54. The number of aliphatic imine (C=N–C) groups is 1. The molecule has 230 valence electrons. The van der Waals surface area contributed by atoms with Gasteiger partial charge < -0.3 is 5.73 Å². The van der Waals surface area contributed by atoms with E-state index in [1.807, 2.05) is 79.1 Å². The van der Waals surface area contributed by atoms with Crippen molar-refractivity contribution in [2.45, 2.75) is 6.42 Å². The van der Waals surface area contributed by atoms with Crippen LogP contribution in [0.3, 0.4) is 0 Å². The minimum Gasteiger partial charge on any atom is -0.398 e. The maximum Gasteiger partial charge on any atom is 0.165 e. The van der Waals surface area contributed by atoms with Gasteiger partial charge in [0.25, 0.3) is 0 Å². The minimum absolute atomic E-state index is 0.592. The minimum atomic E-state index is 0.592. The second kappa shape index (κ2) is 12.3. The third-order valence-electron chi connectivity index (χ3n) is 8.40. The summed E-state index contributed by atoms with van der Waals surface area (Å²) in [7, 11) is 0. The van der Waals surface area contributed by atoms with Gasteiger partial charge in [-0.05, 0) is 59.5 Å². The highest BCUT2D eigenvalue weighted by molar-refractivity contribution is 6.09. The number of pyridine rings is 2. The topological polar surface area (TPSA) is 107 Å². The molecule has 8 rings (SSSR count). The number of nitrogens with zero attached hydrogens (tertiary/aromatic N) is 7. The molecule has 0 saturated carbocycles. The van der Waals surface area contributed by atoms with Crippen molar-refractivity contribution in [1.29, 1.82) is 0 Å². The molecule has 0 spiro atoms. The lowest BCUT2D eigenvalue weighted by molar-refractivity contribution is 0.989. The predicted octanol–water partition coefficient (Wildman–Crippen LogP) is 8.08. The van der Waals surface area contributed by atoms with Crippen LogP contribution in [0.5, 0.6) is 0 Å². The Morgan fingerprint density at radius 2 is 1.44 bits per heavy atom. The first-order valence-corrected chi connectivity index (χ1v) is 15.7. The van der Waals surface area contributed by atoms with Gasteiger partial charge in [0.2, 0.25) is 0 Å². The van der Waals surface area contributed by atoms with Gasteiger partial charge in [0.15, 0.2) is 17.5 Å². The van der Waals surface area contributed by atoms with Gasteiger partial charge in [-0.15, -0.1) is 0 Å². The lowest BCUT2D eigenvalue weighted by Gasteiger charge is -2.12. The first-order chi connectivity index (χ1) is 23.6. The van der Waals surface area contributed by atoms with Crippen molar-refractivity contribution in [2.24, 2.45) is 4.99 Å². The average Bonchev–Trinajstić information content (AvgIpc) is 3.55. The van der Waals surface area contributed by atoms with Crippen molar-refractivity contribution in [3.05, 3.63) is 151 Å². The number of rotatable bonds is 7. The number of hydrogen-bond acceptors (Lipinski definition) is 7. The molecule has 8 nitrogen and oxygen atoms in total. The summed E-state index contributed by atoms with van der Waals surface area (Å²) in [6, 6.07) is 34.3. The summed E-state index contributed by atoms with van der Waals surface area (Å²) in [6.45, 7) is 5.30. The van der Waals surface area contributed by atoms with Gasteiger partial charge in [-0.3, -0.25) is 14.4 Å². The number of benzene rings is 3. The highest BCUT2D eigenvalue weighted by atomic mass is 15.0. The van der Waals surface area contributed by atoms with Crippen LogP contribution in [0.2, 0.25) is 0 Å². The predicted molar refractivity (Wildman–Crippen MR) is 193 cm³/mol. The zero-order valence-corrected chi connectivity index (χ0v) is 26.0. The molecule has 0 amide bonds. The fraction of sp³-hybridized carbons (Fsp3) is 0.0500. The summed E-state index contributed by atoms with van der Waals surface area (Å²) < 4.78 is 2.07. The molecule has 0 unspecified atom stereocenters. The molecule has 7 aromatic rings. The van der Waals surface area contributed by atoms with Crippen molar-refractivity contribution >= 4 is 28.7 Å². The molecule has 2 N–H and O–H groups in total. The van der Waals surface area contributed by atoms with Crippen LogP contribution in [0.15, 0.2) is 139 Å². The second-order valence-corrected chi connectivity index (χ2v) is 11.5. The van der Waals surface area contributed by atoms with Crippen LogP contribution in [0, 0.1) is 0 Å². The van der Waals surface area contributed by atoms with Gasteiger partial charge >= 0.3 is 0 Å². The van der Waals surface area contributed by atoms with E-state index in [1.54, 1.807) is 12.4 Å². The van der Waals surface area contributed by atoms with E-state index in [9.17, 15) is 0 Å². The maximum atomic E-state index is 6.40. The highest BCUT2D eigenvalue weighted by Crippen LogP contribution is 2.36. The fourth-order valence-corrected chi connectivity index (χ4v) is 5.95. The number of allylic oxidation sites excluding steroid dienone is 1. The first kappa shape index (κ1) is 28.9. The monoisotopic (exact) mass is 622 g/mol. The normalized spacial score (nSPS) is 12.6. The van der Waals surface area contributed by atoms with E-state index in [-0.39, 0.29) is 0 Å². The summed E-state index contributed by atoms with van der Waals surface area (Å²) in [4.78, 5) is 28.1. The highest BCUT2D eigenvalue weighted by Gasteiger charge is 2.20. The van der Waals surface area contributed by atoms with E-state index < -0.39 is 0 Å². The first-order valence-electron chi connectivity index (χ1n) is 15.7. The molecular formula is C40H30N8. The lowest BCUT2D eigenvalue weighted by Crippen LogP contribution is -2.05. The summed E-state index contributed by atoms with van der Waals surface area (Å²) in [5.41, 5.74) is 17.1. The van der Waals surface area contributed by atoms with E-state index in [4.69, 9.17) is 25.7 Å². The zero-order chi connectivity index (χ0) is 32.5. The Morgan fingerprint density at radius 3 is 2.23 bits per heavy atom. The summed E-state index contributed by atoms with van der Waals surface area (Å²) in [6.07, 6.45) is 10.3. The average molecular weight is 623 g/mol. The van der Waals surface area contributed by atoms with E-state index in [0.29, 0.717) is 23.2 Å². The van der Waals surface area contributed by atoms with Gasteiger partial charge in [0, 0.05) is 64.9 Å². The van der Waals surface area contributed by atoms with Gasteiger partial charge in [-0.2, -0.15) is 0 Å². The molecule has 48 heavy (non-hydrogen) atoms. The van der Waals surface area contributed by atoms with E-state index >= 15 is 0 Å². The molecule has 0 radical (unpaired) electrons. The summed E-state index contributed by atoms with van der Waals surface area (Å²) >= 11 is 0. The number of nitrogen functional groups attached to an aromatic ring is 1. The number of dihydropyridines is 1. The van der Waals surface area contributed by atoms with Crippen molar-refractivity contribution in [3.8, 4) is 45.2 Å². The number of imidazole rings is 1. The largest absolute Gasteiger partial charge is 0.398 e. The maximum absolute atomic E-state index is 6.40. The standard InChI is InChI=1S/C40H30N8/c1-26(37-36(33-11-2-3-12-34(33)41)44-35-13-4-5-23-48(35)37)27-14-16-28(17-15-27)30-8-6-9-31(24-30)39-45-38(29-18-21-42-22-19-29)46-40(47-39)32-10-7-20-43-25-32/h2-6,8-19,21-25H,1,7,20,41H2. The lowest BCUT2D eigenvalue weighted by atomic mass is 9.96. The summed E-state index contributed by atoms with van der Waals surface area (Å²) in [5, 5.41) is 0.